The molecule has 0 saturated carbocycles. The maximum atomic E-state index is 12.9. The van der Waals surface area contributed by atoms with Crippen molar-refractivity contribution in [3.05, 3.63) is 17.6 Å². The van der Waals surface area contributed by atoms with Gasteiger partial charge in [0.2, 0.25) is 5.91 Å². The first-order chi connectivity index (χ1) is 12.3. The van der Waals surface area contributed by atoms with E-state index >= 15 is 0 Å². The highest BCUT2D eigenvalue weighted by Gasteiger charge is 2.30. The Balaban J connectivity index is 1.48. The van der Waals surface area contributed by atoms with E-state index < -0.39 is 0 Å². The van der Waals surface area contributed by atoms with E-state index in [9.17, 15) is 4.79 Å². The third-order valence-corrected chi connectivity index (χ3v) is 5.53. The highest BCUT2D eigenvalue weighted by atomic mass is 16.5. The second-order valence-corrected chi connectivity index (χ2v) is 7.11. The summed E-state index contributed by atoms with van der Waals surface area (Å²) in [6.45, 7) is 6.63. The molecule has 4 rings (SSSR count). The minimum atomic E-state index is 0.164. The molecule has 25 heavy (non-hydrogen) atoms. The zero-order valence-corrected chi connectivity index (χ0v) is 14.7. The molecule has 0 bridgehead atoms. The number of hydrogen-bond donors (Lipinski definition) is 1. The molecule has 3 aliphatic heterocycles. The first kappa shape index (κ1) is 16.7. The van der Waals surface area contributed by atoms with E-state index in [1.54, 1.807) is 6.33 Å². The van der Waals surface area contributed by atoms with Gasteiger partial charge in [-0.05, 0) is 38.8 Å². The number of rotatable bonds is 2. The lowest BCUT2D eigenvalue weighted by molar-refractivity contribution is -0.136. The lowest BCUT2D eigenvalue weighted by Crippen LogP contribution is -2.42. The molecule has 2 saturated heterocycles. The number of fused-ring (bicyclic) bond motifs is 1. The molecule has 0 radical (unpaired) electrons. The summed E-state index contributed by atoms with van der Waals surface area (Å²) < 4.78 is 5.45. The van der Waals surface area contributed by atoms with Crippen molar-refractivity contribution in [3.63, 3.8) is 0 Å². The van der Waals surface area contributed by atoms with Crippen molar-refractivity contribution in [1.82, 2.24) is 20.2 Å². The predicted molar refractivity (Wildman–Crippen MR) is 94.4 cm³/mol. The van der Waals surface area contributed by atoms with Gasteiger partial charge in [-0.3, -0.25) is 4.79 Å². The van der Waals surface area contributed by atoms with Crippen molar-refractivity contribution in [2.75, 3.05) is 50.8 Å². The summed E-state index contributed by atoms with van der Waals surface area (Å²) in [5, 5.41) is 3.39. The fourth-order valence-electron chi connectivity index (χ4n) is 4.10. The Morgan fingerprint density at radius 2 is 2.04 bits per heavy atom. The van der Waals surface area contributed by atoms with E-state index in [1.807, 2.05) is 4.90 Å². The lowest BCUT2D eigenvalue weighted by Gasteiger charge is -2.34. The van der Waals surface area contributed by atoms with Crippen LogP contribution in [0, 0.1) is 5.92 Å². The average molecular weight is 345 g/mol. The van der Waals surface area contributed by atoms with Crippen LogP contribution in [0.1, 0.15) is 30.5 Å². The molecule has 7 heteroatoms. The molecule has 1 unspecified atom stereocenters. The summed E-state index contributed by atoms with van der Waals surface area (Å²) in [6, 6.07) is 0. The van der Waals surface area contributed by atoms with Gasteiger partial charge in [-0.1, -0.05) is 0 Å². The van der Waals surface area contributed by atoms with Gasteiger partial charge in [-0.25, -0.2) is 9.97 Å². The molecule has 1 aromatic heterocycles. The Hall–Kier alpha value is -1.73. The van der Waals surface area contributed by atoms with Gasteiger partial charge in [0.05, 0.1) is 25.5 Å². The van der Waals surface area contributed by atoms with Crippen LogP contribution < -0.4 is 10.2 Å². The first-order valence-corrected chi connectivity index (χ1v) is 9.48. The maximum absolute atomic E-state index is 12.9. The number of hydrogen-bond acceptors (Lipinski definition) is 6. The second kappa shape index (κ2) is 7.66. The van der Waals surface area contributed by atoms with Crippen LogP contribution in [0.4, 0.5) is 5.82 Å². The standard InChI is InChI=1S/C18H27N5O2/c24-18(14-2-1-5-19-6-3-14)23-7-4-15-16(12-23)20-13-21-17(15)22-8-10-25-11-9-22/h13-14,19H,1-12H2. The summed E-state index contributed by atoms with van der Waals surface area (Å²) >= 11 is 0. The summed E-state index contributed by atoms with van der Waals surface area (Å²) in [5.74, 6) is 1.51. The molecular weight excluding hydrogens is 318 g/mol. The molecule has 1 amide bonds. The van der Waals surface area contributed by atoms with Crippen LogP contribution in [0.25, 0.3) is 0 Å². The van der Waals surface area contributed by atoms with Crippen LogP contribution >= 0.6 is 0 Å². The molecule has 1 N–H and O–H groups in total. The molecule has 2 fully saturated rings. The molecule has 4 heterocycles. The number of nitrogens with one attached hydrogen (secondary N) is 1. The monoisotopic (exact) mass is 345 g/mol. The molecule has 1 atom stereocenters. The van der Waals surface area contributed by atoms with Crippen molar-refractivity contribution in [3.8, 4) is 0 Å². The number of amides is 1. The van der Waals surface area contributed by atoms with Crippen molar-refractivity contribution < 1.29 is 9.53 Å². The highest BCUT2D eigenvalue weighted by Crippen LogP contribution is 2.28. The Labute approximate surface area is 148 Å². The Kier molecular flexibility index (Phi) is 5.12. The molecule has 0 aliphatic carbocycles. The van der Waals surface area contributed by atoms with Gasteiger partial charge in [-0.2, -0.15) is 0 Å². The fraction of sp³-hybridized carbons (Fsp3) is 0.722. The van der Waals surface area contributed by atoms with E-state index in [1.165, 1.54) is 5.56 Å². The molecule has 3 aliphatic rings. The molecule has 0 spiro atoms. The van der Waals surface area contributed by atoms with E-state index in [2.05, 4.69) is 20.2 Å². The van der Waals surface area contributed by atoms with Gasteiger partial charge >= 0.3 is 0 Å². The number of aromatic nitrogens is 2. The number of carbonyl (C=O) groups excluding carboxylic acids is 1. The zero-order valence-electron chi connectivity index (χ0n) is 14.7. The van der Waals surface area contributed by atoms with Crippen molar-refractivity contribution in [1.29, 1.82) is 0 Å². The van der Waals surface area contributed by atoms with Gasteiger partial charge in [-0.15, -0.1) is 0 Å². The minimum absolute atomic E-state index is 0.164. The lowest BCUT2D eigenvalue weighted by atomic mass is 9.97. The molecular formula is C18H27N5O2. The van der Waals surface area contributed by atoms with Crippen molar-refractivity contribution in [2.24, 2.45) is 5.92 Å². The number of nitrogens with zero attached hydrogens (tertiary/aromatic N) is 4. The van der Waals surface area contributed by atoms with Gasteiger partial charge in [0.1, 0.15) is 12.1 Å². The van der Waals surface area contributed by atoms with E-state index in [0.29, 0.717) is 12.5 Å². The third-order valence-electron chi connectivity index (χ3n) is 5.53. The van der Waals surface area contributed by atoms with E-state index in [4.69, 9.17) is 4.74 Å². The number of ether oxygens (including phenoxy) is 1. The molecule has 7 nitrogen and oxygen atoms in total. The summed E-state index contributed by atoms with van der Waals surface area (Å²) in [4.78, 5) is 26.3. The SMILES string of the molecule is O=C(C1CCCNCC1)N1CCc2c(ncnc2N2CCOCC2)C1. The normalized spacial score (nSPS) is 24.6. The van der Waals surface area contributed by atoms with Crippen LogP contribution in [0.15, 0.2) is 6.33 Å². The smallest absolute Gasteiger partial charge is 0.226 e. The van der Waals surface area contributed by atoms with Crippen molar-refractivity contribution >= 4 is 11.7 Å². The van der Waals surface area contributed by atoms with E-state index in [0.717, 1.165) is 83.1 Å². The van der Waals surface area contributed by atoms with Crippen LogP contribution in [0.5, 0.6) is 0 Å². The average Bonchev–Trinajstić information content (AvgIpc) is 2.96. The van der Waals surface area contributed by atoms with Gasteiger partial charge < -0.3 is 19.9 Å². The van der Waals surface area contributed by atoms with E-state index in [-0.39, 0.29) is 5.92 Å². The summed E-state index contributed by atoms with van der Waals surface area (Å²) in [6.07, 6.45) is 5.53. The molecule has 0 aromatic carbocycles. The van der Waals surface area contributed by atoms with Gasteiger partial charge in [0.25, 0.3) is 0 Å². The number of morpholine rings is 1. The topological polar surface area (TPSA) is 70.6 Å². The van der Waals surface area contributed by atoms with Crippen LogP contribution in [0.2, 0.25) is 0 Å². The number of carbonyl (C=O) groups is 1. The largest absolute Gasteiger partial charge is 0.378 e. The van der Waals surface area contributed by atoms with Crippen LogP contribution in [-0.2, 0) is 22.5 Å². The Morgan fingerprint density at radius 3 is 2.92 bits per heavy atom. The minimum Gasteiger partial charge on any atom is -0.378 e. The molecule has 136 valence electrons. The predicted octanol–water partition coefficient (Wildman–Crippen LogP) is 0.588. The van der Waals surface area contributed by atoms with Crippen LogP contribution in [0.3, 0.4) is 0 Å². The Bertz CT molecular complexity index is 609. The highest BCUT2D eigenvalue weighted by molar-refractivity contribution is 5.79. The van der Waals surface area contributed by atoms with Crippen LogP contribution in [-0.4, -0.2) is 66.7 Å². The van der Waals surface area contributed by atoms with Gasteiger partial charge in [0.15, 0.2) is 0 Å². The quantitative estimate of drug-likeness (QED) is 0.846. The second-order valence-electron chi connectivity index (χ2n) is 7.11. The maximum Gasteiger partial charge on any atom is 0.226 e. The third kappa shape index (κ3) is 3.62. The summed E-state index contributed by atoms with van der Waals surface area (Å²) in [5.41, 5.74) is 2.24. The molecule has 1 aromatic rings. The first-order valence-electron chi connectivity index (χ1n) is 9.48. The fourth-order valence-corrected chi connectivity index (χ4v) is 4.10. The zero-order chi connectivity index (χ0) is 17.1. The summed E-state index contributed by atoms with van der Waals surface area (Å²) in [7, 11) is 0. The number of anilines is 1. The Morgan fingerprint density at radius 1 is 1.16 bits per heavy atom. The van der Waals surface area contributed by atoms with Crippen molar-refractivity contribution in [2.45, 2.75) is 32.2 Å². The van der Waals surface area contributed by atoms with Gasteiger partial charge in [0, 0.05) is 31.1 Å².